The van der Waals surface area contributed by atoms with Crippen LogP contribution in [0, 0.1) is 0 Å². The van der Waals surface area contributed by atoms with Gasteiger partial charge < -0.3 is 21.3 Å². The number of allylic oxidation sites excluding steroid dienone is 4. The lowest BCUT2D eigenvalue weighted by Gasteiger charge is -2.18. The van der Waals surface area contributed by atoms with Crippen molar-refractivity contribution < 1.29 is 4.57 Å². The lowest BCUT2D eigenvalue weighted by atomic mass is 10.1. The van der Waals surface area contributed by atoms with E-state index in [-0.39, 0.29) is 0 Å². The first-order valence-corrected chi connectivity index (χ1v) is 18.5. The van der Waals surface area contributed by atoms with E-state index < -0.39 is 0 Å². The number of aromatic nitrogens is 1. The van der Waals surface area contributed by atoms with E-state index in [9.17, 15) is 0 Å². The Morgan fingerprint density at radius 3 is 1.83 bits per heavy atom. The molecule has 3 rings (SSSR count). The molecular weight excluding hydrogens is 605 g/mol. The van der Waals surface area contributed by atoms with Gasteiger partial charge in [-0.1, -0.05) is 82.8 Å². The summed E-state index contributed by atoms with van der Waals surface area (Å²) in [6, 6.07) is 21.5. The molecule has 0 atom stereocenters. The average molecular weight is 656 g/mol. The molecule has 1 heterocycles. The van der Waals surface area contributed by atoms with Crippen LogP contribution in [-0.2, 0) is 6.54 Å². The minimum Gasteiger partial charge on any atom is -0.375 e. The Labute approximate surface area is 285 Å². The topological polar surface area (TPSA) is 74.8 Å². The summed E-state index contributed by atoms with van der Waals surface area (Å²) in [4.78, 5) is 9.02. The van der Waals surface area contributed by atoms with E-state index in [0.29, 0.717) is 6.54 Å². The van der Waals surface area contributed by atoms with Crippen molar-refractivity contribution in [3.63, 3.8) is 0 Å². The summed E-state index contributed by atoms with van der Waals surface area (Å²) in [7, 11) is 7.97. The molecule has 0 saturated carbocycles. The van der Waals surface area contributed by atoms with Crippen molar-refractivity contribution in [3.8, 4) is 0 Å². The Kier molecular flexibility index (Phi) is 17.7. The van der Waals surface area contributed by atoms with Gasteiger partial charge in [0.05, 0.1) is 5.75 Å². The third kappa shape index (κ3) is 14.3. The van der Waals surface area contributed by atoms with Crippen LogP contribution in [0.1, 0.15) is 29.5 Å². The maximum Gasteiger partial charge on any atom is 0.169 e. The fraction of sp³-hybridized carbons (Fsp3) is 0.316. The Morgan fingerprint density at radius 1 is 0.761 bits per heavy atom. The van der Waals surface area contributed by atoms with Crippen LogP contribution in [0.25, 0.3) is 18.2 Å². The van der Waals surface area contributed by atoms with Gasteiger partial charge >= 0.3 is 0 Å². The number of benzene rings is 2. The van der Waals surface area contributed by atoms with Crippen LogP contribution in [-0.4, -0.2) is 64.5 Å². The molecule has 0 radical (unpaired) electrons. The molecule has 0 spiro atoms. The zero-order valence-corrected chi connectivity index (χ0v) is 29.1. The second kappa shape index (κ2) is 22.0. The molecule has 0 saturated heterocycles. The van der Waals surface area contributed by atoms with Gasteiger partial charge in [-0.3, -0.25) is 4.99 Å². The van der Waals surface area contributed by atoms with Crippen LogP contribution in [0.5, 0.6) is 0 Å². The molecule has 2 aromatic carbocycles. The van der Waals surface area contributed by atoms with Crippen LogP contribution < -0.4 is 25.8 Å². The van der Waals surface area contributed by atoms with Gasteiger partial charge in [0.15, 0.2) is 18.9 Å². The predicted octanol–water partition coefficient (Wildman–Crippen LogP) is 6.99. The maximum absolute atomic E-state index is 5.63. The summed E-state index contributed by atoms with van der Waals surface area (Å²) in [5, 5.41) is 0. The molecule has 0 amide bonds. The van der Waals surface area contributed by atoms with E-state index in [2.05, 4.69) is 137 Å². The van der Waals surface area contributed by atoms with Gasteiger partial charge in [-0.05, 0) is 78.5 Å². The van der Waals surface area contributed by atoms with Gasteiger partial charge in [0.1, 0.15) is 0 Å². The van der Waals surface area contributed by atoms with Gasteiger partial charge in [-0.25, -0.2) is 4.57 Å². The zero-order chi connectivity index (χ0) is 32.8. The molecule has 244 valence electrons. The second-order valence-corrected chi connectivity index (χ2v) is 13.6. The van der Waals surface area contributed by atoms with Crippen molar-refractivity contribution in [2.45, 2.75) is 19.4 Å². The highest BCUT2D eigenvalue weighted by Gasteiger charge is 2.02. The van der Waals surface area contributed by atoms with Gasteiger partial charge in [-0.2, -0.15) is 0 Å². The normalized spacial score (nSPS) is 12.0. The molecule has 3 aromatic rings. The first-order chi connectivity index (χ1) is 22.5. The van der Waals surface area contributed by atoms with E-state index >= 15 is 0 Å². The first-order valence-electron chi connectivity index (χ1n) is 16.0. The fourth-order valence-corrected chi connectivity index (χ4v) is 6.32. The largest absolute Gasteiger partial charge is 0.375 e. The second-order valence-electron chi connectivity index (χ2n) is 10.9. The monoisotopic (exact) mass is 655 g/mol. The van der Waals surface area contributed by atoms with E-state index in [4.69, 9.17) is 11.5 Å². The van der Waals surface area contributed by atoms with E-state index in [0.717, 1.165) is 68.2 Å². The molecule has 0 aliphatic heterocycles. The van der Waals surface area contributed by atoms with Crippen molar-refractivity contribution in [1.29, 1.82) is 0 Å². The van der Waals surface area contributed by atoms with Crippen molar-refractivity contribution in [3.05, 3.63) is 120 Å². The van der Waals surface area contributed by atoms with E-state index in [1.807, 2.05) is 40.0 Å². The molecule has 0 aliphatic rings. The van der Waals surface area contributed by atoms with E-state index in [1.54, 1.807) is 0 Å². The predicted molar refractivity (Wildman–Crippen MR) is 208 cm³/mol. The van der Waals surface area contributed by atoms with Crippen LogP contribution in [0.2, 0.25) is 0 Å². The van der Waals surface area contributed by atoms with Crippen molar-refractivity contribution in [2.24, 2.45) is 16.5 Å². The molecule has 0 aliphatic carbocycles. The summed E-state index contributed by atoms with van der Waals surface area (Å²) < 4.78 is 2.24. The molecule has 4 N–H and O–H groups in total. The average Bonchev–Trinajstić information content (AvgIpc) is 3.10. The molecule has 46 heavy (non-hydrogen) atoms. The summed E-state index contributed by atoms with van der Waals surface area (Å²) in [5.41, 5.74) is 18.2. The summed E-state index contributed by atoms with van der Waals surface area (Å²) >= 11 is 0. The van der Waals surface area contributed by atoms with Crippen LogP contribution in [0.3, 0.4) is 0 Å². The number of pyridine rings is 1. The third-order valence-corrected chi connectivity index (χ3v) is 9.71. The first kappa shape index (κ1) is 36.9. The Morgan fingerprint density at radius 2 is 1.28 bits per heavy atom. The van der Waals surface area contributed by atoms with Crippen molar-refractivity contribution >= 4 is 57.4 Å². The van der Waals surface area contributed by atoms with Gasteiger partial charge in [-0.15, -0.1) is 0 Å². The third-order valence-electron chi connectivity index (χ3n) is 7.34. The number of nitrogens with zero attached hydrogens (tertiary/aromatic N) is 4. The van der Waals surface area contributed by atoms with E-state index in [1.165, 1.54) is 22.5 Å². The smallest absolute Gasteiger partial charge is 0.169 e. The zero-order valence-electron chi connectivity index (χ0n) is 27.5. The van der Waals surface area contributed by atoms with Gasteiger partial charge in [0.25, 0.3) is 0 Å². The SMILES string of the molecule is C=CC(/C=C/c1ccc(N(C)CCCN)cc1)=C\C=N\CCSSCC[n+]1ccc(/C=C/c2ccc(N(C)CCCN)cc2)cc1. The Bertz CT molecular complexity index is 1400. The standard InChI is InChI=1S/C38H51N6S2/c1-4-33(7-8-34-11-15-37(16-12-34)42(2)26-5-22-39)19-24-41-25-31-45-46-32-30-44-28-20-36(21-29-44)10-9-35-13-17-38(18-14-35)43(3)27-6-23-40/h4,7-21,24,28-29H,1,5-6,22-23,25-27,30-32,39-40H2,2-3H3/q+1/b8-7+,33-19+,41-24+. The lowest BCUT2D eigenvalue weighted by molar-refractivity contribution is -0.692. The molecule has 8 heteroatoms. The fourth-order valence-electron chi connectivity index (χ4n) is 4.46. The number of hydrogen-bond acceptors (Lipinski definition) is 7. The summed E-state index contributed by atoms with van der Waals surface area (Å²) in [5.74, 6) is 2.04. The number of hydrogen-bond donors (Lipinski definition) is 2. The molecule has 0 fully saturated rings. The minimum atomic E-state index is 0.712. The van der Waals surface area contributed by atoms with Crippen LogP contribution in [0.15, 0.2) is 108 Å². The molecule has 6 nitrogen and oxygen atoms in total. The summed E-state index contributed by atoms with van der Waals surface area (Å²) in [6.07, 6.45) is 20.5. The molecule has 0 bridgehead atoms. The van der Waals surface area contributed by atoms with Crippen molar-refractivity contribution in [1.82, 2.24) is 0 Å². The molecule has 0 unspecified atom stereocenters. The number of aliphatic imine (C=N–C) groups is 1. The van der Waals surface area contributed by atoms with Gasteiger partial charge in [0.2, 0.25) is 0 Å². The highest BCUT2D eigenvalue weighted by Crippen LogP contribution is 2.20. The summed E-state index contributed by atoms with van der Waals surface area (Å²) in [6.45, 7) is 9.08. The lowest BCUT2D eigenvalue weighted by Crippen LogP contribution is -2.33. The number of rotatable bonds is 21. The Hall–Kier alpha value is -3.56. The quantitative estimate of drug-likeness (QED) is 0.0424. The highest BCUT2D eigenvalue weighted by molar-refractivity contribution is 8.76. The number of nitrogens with two attached hydrogens (primary N) is 2. The van der Waals surface area contributed by atoms with Gasteiger partial charge in [0, 0.05) is 69.2 Å². The minimum absolute atomic E-state index is 0.712. The maximum atomic E-state index is 5.63. The van der Waals surface area contributed by atoms with Crippen molar-refractivity contribution in [2.75, 3.05) is 68.1 Å². The molecule has 1 aromatic heterocycles. The van der Waals surface area contributed by atoms with Crippen LogP contribution >= 0.6 is 21.6 Å². The number of anilines is 2. The number of aryl methyl sites for hydroxylation is 1. The highest BCUT2D eigenvalue weighted by atomic mass is 33.1. The Balaban J connectivity index is 1.30. The van der Waals surface area contributed by atoms with Crippen LogP contribution in [0.4, 0.5) is 11.4 Å². The molecular formula is C38H51N6S2+.